The summed E-state index contributed by atoms with van der Waals surface area (Å²) in [6.07, 6.45) is 32.8. The molecule has 2 heteroatoms. The van der Waals surface area contributed by atoms with Gasteiger partial charge in [0.2, 0.25) is 0 Å². The molecule has 194 valence electrons. The van der Waals surface area contributed by atoms with Crippen LogP contribution in [0.15, 0.2) is 0 Å². The Hall–Kier alpha value is -0.530. The van der Waals surface area contributed by atoms with Gasteiger partial charge in [-0.05, 0) is 32.1 Å². The molecule has 0 aromatic carbocycles. The zero-order valence-electron chi connectivity index (χ0n) is 22.6. The highest BCUT2D eigenvalue weighted by Crippen LogP contribution is 2.51. The molecule has 1 saturated heterocycles. The van der Waals surface area contributed by atoms with E-state index in [4.69, 9.17) is 4.74 Å². The van der Waals surface area contributed by atoms with Crippen LogP contribution in [0.2, 0.25) is 0 Å². The van der Waals surface area contributed by atoms with Crippen molar-refractivity contribution in [3.05, 3.63) is 0 Å². The van der Waals surface area contributed by atoms with Crippen molar-refractivity contribution in [3.63, 3.8) is 0 Å². The Morgan fingerprint density at radius 3 is 1.82 bits per heavy atom. The fourth-order valence-electron chi connectivity index (χ4n) is 6.66. The SMILES string of the molecule is CCCCCCCCCCCC12CCCCCCCCC1C(CCCCCCCC)OC2=O. The van der Waals surface area contributed by atoms with Crippen molar-refractivity contribution < 1.29 is 9.53 Å². The van der Waals surface area contributed by atoms with Crippen LogP contribution >= 0.6 is 0 Å². The van der Waals surface area contributed by atoms with Gasteiger partial charge in [0.15, 0.2) is 0 Å². The number of esters is 1. The van der Waals surface area contributed by atoms with Crippen molar-refractivity contribution in [1.29, 1.82) is 0 Å². The zero-order valence-corrected chi connectivity index (χ0v) is 22.6. The van der Waals surface area contributed by atoms with Crippen LogP contribution < -0.4 is 0 Å². The van der Waals surface area contributed by atoms with Gasteiger partial charge < -0.3 is 4.74 Å². The van der Waals surface area contributed by atoms with Crippen LogP contribution in [0.5, 0.6) is 0 Å². The van der Waals surface area contributed by atoms with E-state index in [0.717, 1.165) is 19.3 Å². The molecule has 0 radical (unpaired) electrons. The molecule has 33 heavy (non-hydrogen) atoms. The molecular formula is C31H58O2. The summed E-state index contributed by atoms with van der Waals surface area (Å²) in [4.78, 5) is 13.4. The predicted molar refractivity (Wildman–Crippen MR) is 143 cm³/mol. The van der Waals surface area contributed by atoms with E-state index in [1.54, 1.807) is 0 Å². The second-order valence-corrected chi connectivity index (χ2v) is 11.5. The molecule has 1 heterocycles. The van der Waals surface area contributed by atoms with E-state index in [-0.39, 0.29) is 17.5 Å². The monoisotopic (exact) mass is 462 g/mol. The molecule has 3 unspecified atom stereocenters. The number of cyclic esters (lactones) is 1. The summed E-state index contributed by atoms with van der Waals surface area (Å²) in [5.41, 5.74) is -0.147. The largest absolute Gasteiger partial charge is 0.462 e. The van der Waals surface area contributed by atoms with E-state index in [0.29, 0.717) is 5.92 Å². The molecule has 1 aliphatic heterocycles. The average molecular weight is 463 g/mol. The third kappa shape index (κ3) is 10.3. The maximum Gasteiger partial charge on any atom is 0.312 e. The minimum absolute atomic E-state index is 0.147. The van der Waals surface area contributed by atoms with Gasteiger partial charge >= 0.3 is 5.97 Å². The molecule has 0 bridgehead atoms. The second kappa shape index (κ2) is 17.8. The normalized spacial score (nSPS) is 26.2. The summed E-state index contributed by atoms with van der Waals surface area (Å²) < 4.78 is 6.23. The molecular weight excluding hydrogens is 404 g/mol. The molecule has 1 saturated carbocycles. The smallest absolute Gasteiger partial charge is 0.312 e. The summed E-state index contributed by atoms with van der Waals surface area (Å²) in [6.45, 7) is 4.57. The molecule has 0 N–H and O–H groups in total. The number of rotatable bonds is 17. The number of hydrogen-bond donors (Lipinski definition) is 0. The summed E-state index contributed by atoms with van der Waals surface area (Å²) in [5, 5.41) is 0. The van der Waals surface area contributed by atoms with E-state index < -0.39 is 0 Å². The Morgan fingerprint density at radius 1 is 0.667 bits per heavy atom. The first-order valence-electron chi connectivity index (χ1n) is 15.5. The van der Waals surface area contributed by atoms with Crippen LogP contribution in [0.25, 0.3) is 0 Å². The van der Waals surface area contributed by atoms with Crippen LogP contribution in [0, 0.1) is 11.3 Å². The van der Waals surface area contributed by atoms with Gasteiger partial charge in [-0.15, -0.1) is 0 Å². The number of ether oxygens (including phenoxy) is 1. The van der Waals surface area contributed by atoms with Crippen molar-refractivity contribution >= 4 is 5.97 Å². The summed E-state index contributed by atoms with van der Waals surface area (Å²) in [6, 6.07) is 0. The molecule has 2 rings (SSSR count). The summed E-state index contributed by atoms with van der Waals surface area (Å²) in [5.74, 6) is 0.691. The van der Waals surface area contributed by atoms with E-state index >= 15 is 0 Å². The molecule has 0 amide bonds. The number of carbonyl (C=O) groups excluding carboxylic acids is 1. The highest BCUT2D eigenvalue weighted by atomic mass is 16.6. The van der Waals surface area contributed by atoms with Crippen molar-refractivity contribution in [2.24, 2.45) is 11.3 Å². The average Bonchev–Trinajstić information content (AvgIpc) is 3.08. The molecule has 3 atom stereocenters. The van der Waals surface area contributed by atoms with Gasteiger partial charge in [0.1, 0.15) is 6.10 Å². The Kier molecular flexibility index (Phi) is 15.5. The first kappa shape index (κ1) is 28.7. The van der Waals surface area contributed by atoms with Gasteiger partial charge in [-0.1, -0.05) is 142 Å². The van der Waals surface area contributed by atoms with E-state index in [9.17, 15) is 4.79 Å². The first-order valence-corrected chi connectivity index (χ1v) is 15.5. The van der Waals surface area contributed by atoms with E-state index in [1.807, 2.05) is 0 Å². The Labute approximate surface area is 207 Å². The first-order chi connectivity index (χ1) is 16.2. The van der Waals surface area contributed by atoms with Gasteiger partial charge in [0.25, 0.3) is 0 Å². The lowest BCUT2D eigenvalue weighted by molar-refractivity contribution is -0.150. The molecule has 2 fully saturated rings. The van der Waals surface area contributed by atoms with E-state index in [2.05, 4.69) is 13.8 Å². The lowest BCUT2D eigenvalue weighted by Crippen LogP contribution is -2.35. The summed E-state index contributed by atoms with van der Waals surface area (Å²) >= 11 is 0. The quantitative estimate of drug-likeness (QED) is 0.159. The third-order valence-corrected chi connectivity index (χ3v) is 8.78. The number of hydrogen-bond acceptors (Lipinski definition) is 2. The maximum atomic E-state index is 13.4. The highest BCUT2D eigenvalue weighted by Gasteiger charge is 2.55. The standard InChI is InChI=1S/C31H58O2/c1-3-5-7-9-11-12-14-18-22-26-31-27-23-19-15-13-16-20-24-28(31)29(33-30(31)32)25-21-17-10-8-6-4-2/h28-29H,3-27H2,1-2H3. The topological polar surface area (TPSA) is 26.3 Å². The fraction of sp³-hybridized carbons (Fsp3) is 0.968. The van der Waals surface area contributed by atoms with Gasteiger partial charge in [-0.3, -0.25) is 4.79 Å². The van der Waals surface area contributed by atoms with Crippen LogP contribution in [-0.2, 0) is 9.53 Å². The van der Waals surface area contributed by atoms with Crippen LogP contribution in [0.1, 0.15) is 174 Å². The molecule has 2 nitrogen and oxygen atoms in total. The zero-order chi connectivity index (χ0) is 23.6. The van der Waals surface area contributed by atoms with Gasteiger partial charge in [-0.2, -0.15) is 0 Å². The molecule has 0 aromatic heterocycles. The van der Waals surface area contributed by atoms with Gasteiger partial charge in [-0.25, -0.2) is 0 Å². The van der Waals surface area contributed by atoms with Gasteiger partial charge in [0.05, 0.1) is 5.41 Å². The fourth-order valence-corrected chi connectivity index (χ4v) is 6.66. The maximum absolute atomic E-state index is 13.4. The lowest BCUT2D eigenvalue weighted by Gasteiger charge is -2.34. The van der Waals surface area contributed by atoms with E-state index in [1.165, 1.54) is 141 Å². The molecule has 0 aromatic rings. The number of unbranched alkanes of at least 4 members (excludes halogenated alkanes) is 13. The Bertz CT molecular complexity index is 487. The predicted octanol–water partition coefficient (Wildman–Crippen LogP) is 10.3. The van der Waals surface area contributed by atoms with Crippen LogP contribution in [-0.4, -0.2) is 12.1 Å². The van der Waals surface area contributed by atoms with Crippen molar-refractivity contribution in [2.45, 2.75) is 180 Å². The van der Waals surface area contributed by atoms with Gasteiger partial charge in [0, 0.05) is 5.92 Å². The highest BCUT2D eigenvalue weighted by molar-refractivity contribution is 5.79. The van der Waals surface area contributed by atoms with Crippen LogP contribution in [0.4, 0.5) is 0 Å². The minimum Gasteiger partial charge on any atom is -0.462 e. The molecule has 1 aliphatic carbocycles. The van der Waals surface area contributed by atoms with Crippen molar-refractivity contribution in [3.8, 4) is 0 Å². The van der Waals surface area contributed by atoms with Crippen molar-refractivity contribution in [2.75, 3.05) is 0 Å². The minimum atomic E-state index is -0.147. The third-order valence-electron chi connectivity index (χ3n) is 8.78. The number of fused-ring (bicyclic) bond motifs is 1. The Morgan fingerprint density at radius 2 is 1.18 bits per heavy atom. The summed E-state index contributed by atoms with van der Waals surface area (Å²) in [7, 11) is 0. The molecule has 0 spiro atoms. The van der Waals surface area contributed by atoms with Crippen LogP contribution in [0.3, 0.4) is 0 Å². The molecule has 2 aliphatic rings. The Balaban J connectivity index is 1.86. The van der Waals surface area contributed by atoms with Crippen molar-refractivity contribution in [1.82, 2.24) is 0 Å². The lowest BCUT2D eigenvalue weighted by atomic mass is 9.65. The second-order valence-electron chi connectivity index (χ2n) is 11.5. The number of carbonyl (C=O) groups is 1.